The van der Waals surface area contributed by atoms with E-state index in [0.717, 1.165) is 17.4 Å². The second-order valence-corrected chi connectivity index (χ2v) is 9.19. The second kappa shape index (κ2) is 10.1. The van der Waals surface area contributed by atoms with Crippen LogP contribution in [0.5, 0.6) is 0 Å². The van der Waals surface area contributed by atoms with E-state index in [2.05, 4.69) is 6.58 Å². The van der Waals surface area contributed by atoms with Gasteiger partial charge in [-0.15, -0.1) is 0 Å². The molecule has 0 bridgehead atoms. The average Bonchev–Trinajstić information content (AvgIpc) is 2.79. The molecule has 5 heteroatoms. The van der Waals surface area contributed by atoms with Crippen LogP contribution in [0.4, 0.5) is 0 Å². The highest BCUT2D eigenvalue weighted by atomic mass is 32.2. The van der Waals surface area contributed by atoms with E-state index in [1.165, 1.54) is 0 Å². The molecule has 4 nitrogen and oxygen atoms in total. The SMILES string of the molecule is C=C(CN(Cc1ccccc1)[C@H](C=O)Cc1ccccc1)S(=O)(=O)c1ccccc1. The molecule has 0 heterocycles. The Morgan fingerprint density at radius 2 is 1.33 bits per heavy atom. The van der Waals surface area contributed by atoms with Crippen molar-refractivity contribution >= 4 is 16.1 Å². The molecule has 0 N–H and O–H groups in total. The monoisotopic (exact) mass is 419 g/mol. The molecule has 1 atom stereocenters. The van der Waals surface area contributed by atoms with Gasteiger partial charge >= 0.3 is 0 Å². The summed E-state index contributed by atoms with van der Waals surface area (Å²) in [5.74, 6) is 0. The van der Waals surface area contributed by atoms with Gasteiger partial charge in [0.2, 0.25) is 9.84 Å². The highest BCUT2D eigenvalue weighted by Crippen LogP contribution is 2.21. The molecule has 0 aliphatic heterocycles. The van der Waals surface area contributed by atoms with Crippen LogP contribution in [-0.2, 0) is 27.6 Å². The van der Waals surface area contributed by atoms with Gasteiger partial charge in [-0.25, -0.2) is 8.42 Å². The first kappa shape index (κ1) is 21.7. The third-order valence-electron chi connectivity index (χ3n) is 4.96. The van der Waals surface area contributed by atoms with Gasteiger partial charge in [0, 0.05) is 13.1 Å². The molecule has 3 aromatic carbocycles. The van der Waals surface area contributed by atoms with Crippen LogP contribution in [0.2, 0.25) is 0 Å². The summed E-state index contributed by atoms with van der Waals surface area (Å²) in [6, 6.07) is 27.2. The second-order valence-electron chi connectivity index (χ2n) is 7.14. The lowest BCUT2D eigenvalue weighted by atomic mass is 10.0. The summed E-state index contributed by atoms with van der Waals surface area (Å²) in [5, 5.41) is 0. The van der Waals surface area contributed by atoms with Gasteiger partial charge in [0.25, 0.3) is 0 Å². The first-order valence-corrected chi connectivity index (χ1v) is 11.2. The molecule has 0 saturated carbocycles. The van der Waals surface area contributed by atoms with E-state index in [-0.39, 0.29) is 16.3 Å². The summed E-state index contributed by atoms with van der Waals surface area (Å²) in [5.41, 5.74) is 2.02. The maximum atomic E-state index is 13.0. The fourth-order valence-electron chi connectivity index (χ4n) is 3.31. The molecule has 0 fully saturated rings. The van der Waals surface area contributed by atoms with Crippen molar-refractivity contribution in [2.75, 3.05) is 6.54 Å². The van der Waals surface area contributed by atoms with Crippen LogP contribution >= 0.6 is 0 Å². The molecule has 154 valence electrons. The van der Waals surface area contributed by atoms with Gasteiger partial charge in [0.05, 0.1) is 15.8 Å². The van der Waals surface area contributed by atoms with Crippen molar-refractivity contribution in [2.24, 2.45) is 0 Å². The predicted molar refractivity (Wildman–Crippen MR) is 120 cm³/mol. The Balaban J connectivity index is 1.86. The van der Waals surface area contributed by atoms with Crippen LogP contribution in [0.25, 0.3) is 0 Å². The lowest BCUT2D eigenvalue weighted by molar-refractivity contribution is -0.112. The summed E-state index contributed by atoms with van der Waals surface area (Å²) in [6.45, 7) is 4.38. The van der Waals surface area contributed by atoms with Crippen molar-refractivity contribution in [2.45, 2.75) is 23.9 Å². The van der Waals surface area contributed by atoms with Crippen molar-refractivity contribution in [3.63, 3.8) is 0 Å². The molecule has 0 unspecified atom stereocenters. The molecule has 0 aliphatic carbocycles. The molecule has 0 saturated heterocycles. The quantitative estimate of drug-likeness (QED) is 0.460. The molecule has 30 heavy (non-hydrogen) atoms. The summed E-state index contributed by atoms with van der Waals surface area (Å²) in [6.07, 6.45) is 1.38. The largest absolute Gasteiger partial charge is 0.302 e. The van der Waals surface area contributed by atoms with Crippen LogP contribution in [0.15, 0.2) is 107 Å². The van der Waals surface area contributed by atoms with Crippen LogP contribution in [-0.4, -0.2) is 32.2 Å². The first-order chi connectivity index (χ1) is 14.5. The van der Waals surface area contributed by atoms with Crippen molar-refractivity contribution < 1.29 is 13.2 Å². The molecular formula is C25H25NO3S. The zero-order valence-electron chi connectivity index (χ0n) is 16.7. The number of benzene rings is 3. The fraction of sp³-hybridized carbons (Fsp3) is 0.160. The van der Waals surface area contributed by atoms with E-state index < -0.39 is 15.9 Å². The Morgan fingerprint density at radius 3 is 1.87 bits per heavy atom. The fourth-order valence-corrected chi connectivity index (χ4v) is 4.49. The summed E-state index contributed by atoms with van der Waals surface area (Å²) in [7, 11) is -3.69. The van der Waals surface area contributed by atoms with Crippen LogP contribution < -0.4 is 0 Å². The van der Waals surface area contributed by atoms with Crippen molar-refractivity contribution in [3.8, 4) is 0 Å². The number of sulfone groups is 1. The lowest BCUT2D eigenvalue weighted by Crippen LogP contribution is -2.39. The van der Waals surface area contributed by atoms with Crippen molar-refractivity contribution in [1.29, 1.82) is 0 Å². The zero-order valence-corrected chi connectivity index (χ0v) is 17.5. The Morgan fingerprint density at radius 1 is 0.833 bits per heavy atom. The summed E-state index contributed by atoms with van der Waals surface area (Å²) in [4.78, 5) is 14.2. The maximum absolute atomic E-state index is 13.0. The number of hydrogen-bond acceptors (Lipinski definition) is 4. The van der Waals surface area contributed by atoms with Crippen LogP contribution in [0, 0.1) is 0 Å². The van der Waals surface area contributed by atoms with Gasteiger partial charge in [0.15, 0.2) is 0 Å². The molecule has 3 aromatic rings. The van der Waals surface area contributed by atoms with Crippen molar-refractivity contribution in [1.82, 2.24) is 4.90 Å². The number of nitrogens with zero attached hydrogens (tertiary/aromatic N) is 1. The molecule has 0 aliphatic rings. The van der Waals surface area contributed by atoms with E-state index in [1.807, 2.05) is 65.6 Å². The number of carbonyl (C=O) groups excluding carboxylic acids is 1. The van der Waals surface area contributed by atoms with Crippen molar-refractivity contribution in [3.05, 3.63) is 114 Å². The van der Waals surface area contributed by atoms with E-state index in [9.17, 15) is 13.2 Å². The van der Waals surface area contributed by atoms with Gasteiger partial charge in [-0.3, -0.25) is 4.90 Å². The first-order valence-electron chi connectivity index (χ1n) is 9.76. The Kier molecular flexibility index (Phi) is 7.33. The zero-order chi connectivity index (χ0) is 21.4. The number of aldehydes is 1. The van der Waals surface area contributed by atoms with E-state index >= 15 is 0 Å². The third kappa shape index (κ3) is 5.53. The van der Waals surface area contributed by atoms with Gasteiger partial charge in [-0.05, 0) is 29.7 Å². The standard InChI is InChI=1S/C25H25NO3S/c1-21(30(28,29)25-15-9-4-10-16-25)18-26(19-23-13-7-3-8-14-23)24(20-27)17-22-11-5-2-6-12-22/h2-16,20,24H,1,17-19H2/t24-/m0/s1. The normalized spacial score (nSPS) is 12.4. The van der Waals surface area contributed by atoms with Gasteiger partial charge in [0.1, 0.15) is 6.29 Å². The maximum Gasteiger partial charge on any atom is 0.203 e. The van der Waals surface area contributed by atoms with Gasteiger partial charge < -0.3 is 4.79 Å². The Hall–Kier alpha value is -3.02. The Bertz CT molecular complexity index is 1070. The Labute approximate surface area is 178 Å². The molecule has 0 spiro atoms. The van der Waals surface area contributed by atoms with Crippen LogP contribution in [0.1, 0.15) is 11.1 Å². The molecule has 0 aromatic heterocycles. The minimum absolute atomic E-state index is 0.0718. The minimum Gasteiger partial charge on any atom is -0.302 e. The topological polar surface area (TPSA) is 54.5 Å². The molecule has 3 rings (SSSR count). The minimum atomic E-state index is -3.69. The summed E-state index contributed by atoms with van der Waals surface area (Å²) < 4.78 is 25.9. The third-order valence-corrected chi connectivity index (χ3v) is 6.74. The van der Waals surface area contributed by atoms with E-state index in [0.29, 0.717) is 13.0 Å². The predicted octanol–water partition coefficient (Wildman–Crippen LogP) is 4.29. The van der Waals surface area contributed by atoms with Gasteiger partial charge in [-0.2, -0.15) is 0 Å². The van der Waals surface area contributed by atoms with Gasteiger partial charge in [-0.1, -0.05) is 85.4 Å². The average molecular weight is 420 g/mol. The highest BCUT2D eigenvalue weighted by Gasteiger charge is 2.25. The number of hydrogen-bond donors (Lipinski definition) is 0. The number of rotatable bonds is 10. The number of carbonyl (C=O) groups is 1. The molecular weight excluding hydrogens is 394 g/mol. The summed E-state index contributed by atoms with van der Waals surface area (Å²) >= 11 is 0. The molecule has 0 amide bonds. The van der Waals surface area contributed by atoms with E-state index in [4.69, 9.17) is 0 Å². The van der Waals surface area contributed by atoms with E-state index in [1.54, 1.807) is 30.3 Å². The lowest BCUT2D eigenvalue weighted by Gasteiger charge is -2.29. The smallest absolute Gasteiger partial charge is 0.203 e. The highest BCUT2D eigenvalue weighted by molar-refractivity contribution is 7.95. The van der Waals surface area contributed by atoms with Crippen LogP contribution in [0.3, 0.4) is 0 Å². The molecule has 0 radical (unpaired) electrons.